The fourth-order valence-corrected chi connectivity index (χ4v) is 3.14. The lowest BCUT2D eigenvalue weighted by molar-refractivity contribution is 0.0873. The molecule has 122 valence electrons. The van der Waals surface area contributed by atoms with Gasteiger partial charge in [0.25, 0.3) is 5.91 Å². The Bertz CT molecular complexity index is 667. The Hall–Kier alpha value is -2.14. The molecule has 2 heterocycles. The molecule has 0 aromatic carbocycles. The number of rotatable bonds is 4. The van der Waals surface area contributed by atoms with E-state index in [1.165, 1.54) is 0 Å². The molecule has 1 aliphatic rings. The van der Waals surface area contributed by atoms with Gasteiger partial charge in [0.05, 0.1) is 23.6 Å². The molecule has 1 amide bonds. The maximum atomic E-state index is 12.4. The number of carbonyl (C=O) groups is 1. The molecule has 23 heavy (non-hydrogen) atoms. The smallest absolute Gasteiger partial charge is 0.253 e. The number of aliphatic hydroxyl groups is 1. The number of hydrogen-bond donors (Lipinski definition) is 2. The number of furan rings is 1. The highest BCUT2D eigenvalue weighted by Crippen LogP contribution is 2.24. The molecule has 1 saturated carbocycles. The van der Waals surface area contributed by atoms with Crippen LogP contribution < -0.4 is 5.32 Å². The van der Waals surface area contributed by atoms with Crippen molar-refractivity contribution in [1.82, 2.24) is 10.3 Å². The predicted molar refractivity (Wildman–Crippen MR) is 87.0 cm³/mol. The first-order valence-electron chi connectivity index (χ1n) is 8.11. The van der Waals surface area contributed by atoms with Crippen LogP contribution >= 0.6 is 0 Å². The highest BCUT2D eigenvalue weighted by Gasteiger charge is 2.21. The van der Waals surface area contributed by atoms with Crippen molar-refractivity contribution in [1.29, 1.82) is 0 Å². The van der Waals surface area contributed by atoms with Crippen molar-refractivity contribution < 1.29 is 14.3 Å². The maximum absolute atomic E-state index is 12.4. The van der Waals surface area contributed by atoms with Crippen LogP contribution in [0.5, 0.6) is 0 Å². The molecule has 1 fully saturated rings. The molecule has 0 radical (unpaired) electrons. The minimum Gasteiger partial charge on any atom is -0.463 e. The molecule has 2 atom stereocenters. The van der Waals surface area contributed by atoms with Gasteiger partial charge in [0.15, 0.2) is 5.76 Å². The Morgan fingerprint density at radius 1 is 1.39 bits per heavy atom. The number of aryl methyl sites for hydroxylation is 1. The SMILES string of the molecule is Cc1nc(-c2ccco2)ccc1C(=O)NCC1CCCC(O)C1. The van der Waals surface area contributed by atoms with Crippen molar-refractivity contribution in [2.75, 3.05) is 6.54 Å². The van der Waals surface area contributed by atoms with Gasteiger partial charge in [0.1, 0.15) is 5.69 Å². The van der Waals surface area contributed by atoms with E-state index < -0.39 is 0 Å². The van der Waals surface area contributed by atoms with Crippen molar-refractivity contribution in [3.05, 3.63) is 41.8 Å². The zero-order valence-corrected chi connectivity index (χ0v) is 13.3. The molecule has 2 N–H and O–H groups in total. The molecule has 5 nitrogen and oxygen atoms in total. The highest BCUT2D eigenvalue weighted by molar-refractivity contribution is 5.95. The summed E-state index contributed by atoms with van der Waals surface area (Å²) in [5, 5.41) is 12.7. The summed E-state index contributed by atoms with van der Waals surface area (Å²) in [4.78, 5) is 16.8. The summed E-state index contributed by atoms with van der Waals surface area (Å²) in [5.74, 6) is 0.940. The minimum atomic E-state index is -0.221. The largest absolute Gasteiger partial charge is 0.463 e. The van der Waals surface area contributed by atoms with Gasteiger partial charge in [-0.25, -0.2) is 4.98 Å². The fourth-order valence-electron chi connectivity index (χ4n) is 3.14. The van der Waals surface area contributed by atoms with E-state index in [1.807, 2.05) is 19.1 Å². The van der Waals surface area contributed by atoms with Gasteiger partial charge in [-0.1, -0.05) is 6.42 Å². The van der Waals surface area contributed by atoms with Crippen molar-refractivity contribution in [2.45, 2.75) is 38.7 Å². The second-order valence-corrected chi connectivity index (χ2v) is 6.20. The predicted octanol–water partition coefficient (Wildman–Crippen LogP) is 2.93. The normalized spacial score (nSPS) is 21.1. The second-order valence-electron chi connectivity index (χ2n) is 6.20. The third-order valence-corrected chi connectivity index (χ3v) is 4.41. The fraction of sp³-hybridized carbons (Fsp3) is 0.444. The Balaban J connectivity index is 1.63. The van der Waals surface area contributed by atoms with Gasteiger partial charge < -0.3 is 14.8 Å². The first-order valence-corrected chi connectivity index (χ1v) is 8.11. The Morgan fingerprint density at radius 3 is 2.96 bits per heavy atom. The molecular weight excluding hydrogens is 292 g/mol. The minimum absolute atomic E-state index is 0.110. The van der Waals surface area contributed by atoms with Crippen LogP contribution in [-0.4, -0.2) is 28.6 Å². The van der Waals surface area contributed by atoms with E-state index in [2.05, 4.69) is 10.3 Å². The van der Waals surface area contributed by atoms with Gasteiger partial charge in [-0.15, -0.1) is 0 Å². The van der Waals surface area contributed by atoms with Crippen LogP contribution in [0, 0.1) is 12.8 Å². The summed E-state index contributed by atoms with van der Waals surface area (Å²) in [5.41, 5.74) is 1.98. The molecular formula is C18H22N2O3. The zero-order chi connectivity index (χ0) is 16.2. The lowest BCUT2D eigenvalue weighted by Gasteiger charge is -2.25. The van der Waals surface area contributed by atoms with Gasteiger partial charge in [0.2, 0.25) is 0 Å². The number of aromatic nitrogens is 1. The van der Waals surface area contributed by atoms with Gasteiger partial charge in [0, 0.05) is 6.54 Å². The molecule has 0 spiro atoms. The lowest BCUT2D eigenvalue weighted by atomic mass is 9.87. The number of nitrogens with zero attached hydrogens (tertiary/aromatic N) is 1. The van der Waals surface area contributed by atoms with E-state index >= 15 is 0 Å². The summed E-state index contributed by atoms with van der Waals surface area (Å²) < 4.78 is 5.33. The molecule has 2 unspecified atom stereocenters. The third kappa shape index (κ3) is 3.79. The van der Waals surface area contributed by atoms with Gasteiger partial charge >= 0.3 is 0 Å². The number of aliphatic hydroxyl groups excluding tert-OH is 1. The maximum Gasteiger partial charge on any atom is 0.253 e. The monoisotopic (exact) mass is 314 g/mol. The number of carbonyl (C=O) groups excluding carboxylic acids is 1. The van der Waals surface area contributed by atoms with Crippen LogP contribution in [0.4, 0.5) is 0 Å². The van der Waals surface area contributed by atoms with Crippen molar-refractivity contribution in [3.63, 3.8) is 0 Å². The summed E-state index contributed by atoms with van der Waals surface area (Å²) in [6.07, 6.45) is 5.12. The van der Waals surface area contributed by atoms with Crippen LogP contribution in [0.2, 0.25) is 0 Å². The van der Waals surface area contributed by atoms with E-state index in [0.717, 1.165) is 31.4 Å². The number of amides is 1. The standard InChI is InChI=1S/C18H22N2O3/c1-12-15(7-8-16(20-12)17-6-3-9-23-17)18(22)19-11-13-4-2-5-14(21)10-13/h3,6-9,13-14,21H,2,4-5,10-11H2,1H3,(H,19,22). The quantitative estimate of drug-likeness (QED) is 0.910. The van der Waals surface area contributed by atoms with E-state index in [-0.39, 0.29) is 12.0 Å². The molecule has 3 rings (SSSR count). The first-order chi connectivity index (χ1) is 11.1. The third-order valence-electron chi connectivity index (χ3n) is 4.41. The Kier molecular flexibility index (Phi) is 4.76. The van der Waals surface area contributed by atoms with Gasteiger partial charge in [-0.05, 0) is 56.4 Å². The molecule has 2 aromatic rings. The topological polar surface area (TPSA) is 75.4 Å². The zero-order valence-electron chi connectivity index (χ0n) is 13.3. The summed E-state index contributed by atoms with van der Waals surface area (Å²) in [6.45, 7) is 2.43. The number of nitrogens with one attached hydrogen (secondary N) is 1. The summed E-state index contributed by atoms with van der Waals surface area (Å²) >= 11 is 0. The summed E-state index contributed by atoms with van der Waals surface area (Å²) in [6, 6.07) is 7.23. The van der Waals surface area contributed by atoms with Crippen LogP contribution in [0.1, 0.15) is 41.7 Å². The van der Waals surface area contributed by atoms with Crippen LogP contribution in [-0.2, 0) is 0 Å². The number of pyridine rings is 1. The summed E-state index contributed by atoms with van der Waals surface area (Å²) in [7, 11) is 0. The first kappa shape index (κ1) is 15.7. The van der Waals surface area contributed by atoms with E-state index in [4.69, 9.17) is 4.42 Å². The van der Waals surface area contributed by atoms with Crippen LogP contribution in [0.25, 0.3) is 11.5 Å². The second kappa shape index (κ2) is 6.96. The van der Waals surface area contributed by atoms with Gasteiger partial charge in [-0.3, -0.25) is 4.79 Å². The van der Waals surface area contributed by atoms with Crippen LogP contribution in [0.15, 0.2) is 34.9 Å². The van der Waals surface area contributed by atoms with E-state index in [9.17, 15) is 9.90 Å². The molecule has 2 aromatic heterocycles. The molecule has 0 bridgehead atoms. The van der Waals surface area contributed by atoms with Crippen molar-refractivity contribution in [2.24, 2.45) is 5.92 Å². The Morgan fingerprint density at radius 2 is 2.26 bits per heavy atom. The molecule has 5 heteroatoms. The van der Waals surface area contributed by atoms with Crippen molar-refractivity contribution in [3.8, 4) is 11.5 Å². The Labute approximate surface area is 135 Å². The molecule has 0 saturated heterocycles. The van der Waals surface area contributed by atoms with E-state index in [0.29, 0.717) is 29.5 Å². The van der Waals surface area contributed by atoms with Gasteiger partial charge in [-0.2, -0.15) is 0 Å². The average Bonchev–Trinajstić information content (AvgIpc) is 3.07. The lowest BCUT2D eigenvalue weighted by Crippen LogP contribution is -2.33. The molecule has 0 aliphatic heterocycles. The van der Waals surface area contributed by atoms with E-state index in [1.54, 1.807) is 18.4 Å². The van der Waals surface area contributed by atoms with Crippen LogP contribution in [0.3, 0.4) is 0 Å². The molecule has 1 aliphatic carbocycles. The van der Waals surface area contributed by atoms with Crippen molar-refractivity contribution >= 4 is 5.91 Å². The highest BCUT2D eigenvalue weighted by atomic mass is 16.3. The average molecular weight is 314 g/mol. The number of hydrogen-bond acceptors (Lipinski definition) is 4.